The molecule has 154 valence electrons. The van der Waals surface area contributed by atoms with Crippen LogP contribution in [0.4, 0.5) is 0 Å². The molecule has 3 aromatic rings. The molecule has 0 radical (unpaired) electrons. The van der Waals surface area contributed by atoms with Crippen LogP contribution in [-0.4, -0.2) is 45.6 Å². The first-order valence-corrected chi connectivity index (χ1v) is 10.4. The van der Waals surface area contributed by atoms with Gasteiger partial charge in [-0.15, -0.1) is 0 Å². The predicted molar refractivity (Wildman–Crippen MR) is 110 cm³/mol. The number of hydrogen-bond acceptors (Lipinski definition) is 6. The van der Waals surface area contributed by atoms with Gasteiger partial charge in [-0.2, -0.15) is 0 Å². The lowest BCUT2D eigenvalue weighted by Gasteiger charge is -2.44. The molecule has 2 aliphatic rings. The Hall–Kier alpha value is -3.06. The van der Waals surface area contributed by atoms with Crippen LogP contribution in [0.25, 0.3) is 11.3 Å². The number of carbonyl (C=O) groups is 1. The fourth-order valence-corrected chi connectivity index (χ4v) is 4.52. The third-order valence-corrected chi connectivity index (χ3v) is 6.15. The van der Waals surface area contributed by atoms with Gasteiger partial charge in [0, 0.05) is 24.8 Å². The number of ether oxygens (including phenoxy) is 1. The number of amides is 1. The van der Waals surface area contributed by atoms with E-state index in [0.717, 1.165) is 29.1 Å². The van der Waals surface area contributed by atoms with Crippen molar-refractivity contribution in [3.8, 4) is 11.3 Å². The Kier molecular flexibility index (Phi) is 4.62. The van der Waals surface area contributed by atoms with E-state index in [1.165, 1.54) is 0 Å². The molecule has 1 aromatic carbocycles. The molecule has 0 bridgehead atoms. The van der Waals surface area contributed by atoms with Crippen LogP contribution in [-0.2, 0) is 16.8 Å². The van der Waals surface area contributed by atoms with Crippen LogP contribution in [0.3, 0.4) is 0 Å². The fraction of sp³-hybridized carbons (Fsp3) is 0.391. The molecule has 1 amide bonds. The lowest BCUT2D eigenvalue weighted by Crippen LogP contribution is -2.49. The third-order valence-electron chi connectivity index (χ3n) is 6.15. The predicted octanol–water partition coefficient (Wildman–Crippen LogP) is 3.45. The molecule has 4 heterocycles. The van der Waals surface area contributed by atoms with Crippen molar-refractivity contribution in [3.05, 3.63) is 64.9 Å². The minimum absolute atomic E-state index is 0.0441. The monoisotopic (exact) mass is 404 g/mol. The first-order chi connectivity index (χ1) is 14.6. The van der Waals surface area contributed by atoms with Gasteiger partial charge in [-0.1, -0.05) is 35.5 Å². The molecule has 0 unspecified atom stereocenters. The van der Waals surface area contributed by atoms with Gasteiger partial charge in [0.25, 0.3) is 5.91 Å². The van der Waals surface area contributed by atoms with E-state index in [2.05, 4.69) is 10.1 Å². The quantitative estimate of drug-likeness (QED) is 0.651. The number of rotatable bonds is 2. The summed E-state index contributed by atoms with van der Waals surface area (Å²) >= 11 is 0. The largest absolute Gasteiger partial charge is 0.368 e. The third kappa shape index (κ3) is 3.10. The molecule has 0 aliphatic carbocycles. The van der Waals surface area contributed by atoms with E-state index in [4.69, 9.17) is 14.2 Å². The molecule has 1 fully saturated rings. The summed E-state index contributed by atoms with van der Waals surface area (Å²) in [5.74, 6) is 1.25. The highest BCUT2D eigenvalue weighted by molar-refractivity contribution is 6.00. The molecule has 2 aliphatic heterocycles. The molecular formula is C23H24N4O3. The van der Waals surface area contributed by atoms with Crippen molar-refractivity contribution < 1.29 is 14.1 Å². The number of piperidine rings is 1. The lowest BCUT2D eigenvalue weighted by molar-refractivity contribution is -0.0968. The molecular weight excluding hydrogens is 380 g/mol. The molecule has 2 aromatic heterocycles. The van der Waals surface area contributed by atoms with Gasteiger partial charge in [-0.3, -0.25) is 4.79 Å². The summed E-state index contributed by atoms with van der Waals surface area (Å²) in [7, 11) is 0. The van der Waals surface area contributed by atoms with Crippen LogP contribution in [0.5, 0.6) is 0 Å². The molecule has 0 atom stereocenters. The number of aromatic nitrogens is 3. The zero-order valence-corrected chi connectivity index (χ0v) is 17.2. The normalized spacial score (nSPS) is 17.7. The summed E-state index contributed by atoms with van der Waals surface area (Å²) in [4.78, 5) is 24.3. The number of hydrogen-bond donors (Lipinski definition) is 0. The Morgan fingerprint density at radius 3 is 2.67 bits per heavy atom. The van der Waals surface area contributed by atoms with Crippen LogP contribution in [0.2, 0.25) is 0 Å². The molecule has 1 spiro atoms. The average Bonchev–Trinajstić information content (AvgIpc) is 3.16. The van der Waals surface area contributed by atoms with E-state index in [-0.39, 0.29) is 5.91 Å². The second kappa shape index (κ2) is 7.32. The van der Waals surface area contributed by atoms with Crippen molar-refractivity contribution in [2.75, 3.05) is 19.7 Å². The number of nitrogens with zero attached hydrogens (tertiary/aromatic N) is 4. The number of carbonyl (C=O) groups excluding carboxylic acids is 1. The number of fused-ring (bicyclic) bond motifs is 2. The highest BCUT2D eigenvalue weighted by Gasteiger charge is 2.44. The van der Waals surface area contributed by atoms with Crippen LogP contribution in [0.1, 0.15) is 46.0 Å². The van der Waals surface area contributed by atoms with Gasteiger partial charge in [-0.05, 0) is 38.7 Å². The van der Waals surface area contributed by atoms with Crippen LogP contribution < -0.4 is 0 Å². The zero-order valence-electron chi connectivity index (χ0n) is 17.2. The Balaban J connectivity index is 1.40. The maximum Gasteiger partial charge on any atom is 0.259 e. The molecule has 5 rings (SSSR count). The summed E-state index contributed by atoms with van der Waals surface area (Å²) in [6, 6.07) is 9.68. The van der Waals surface area contributed by atoms with E-state index < -0.39 is 5.60 Å². The summed E-state index contributed by atoms with van der Waals surface area (Å²) in [5, 5.41) is 4.16. The Morgan fingerprint density at radius 2 is 1.90 bits per heavy atom. The average molecular weight is 404 g/mol. The Bertz CT molecular complexity index is 1090. The van der Waals surface area contributed by atoms with Gasteiger partial charge in [0.2, 0.25) is 0 Å². The summed E-state index contributed by atoms with van der Waals surface area (Å²) < 4.78 is 11.7. The van der Waals surface area contributed by atoms with Crippen molar-refractivity contribution in [2.24, 2.45) is 0 Å². The fourth-order valence-electron chi connectivity index (χ4n) is 4.52. The van der Waals surface area contributed by atoms with Crippen molar-refractivity contribution in [3.63, 3.8) is 0 Å². The number of benzene rings is 1. The second-order valence-electron chi connectivity index (χ2n) is 8.00. The van der Waals surface area contributed by atoms with E-state index in [0.29, 0.717) is 49.6 Å². The lowest BCUT2D eigenvalue weighted by atomic mass is 9.83. The molecule has 1 saturated heterocycles. The van der Waals surface area contributed by atoms with Crippen LogP contribution in [0.15, 0.2) is 41.1 Å². The first kappa shape index (κ1) is 18.9. The number of likely N-dealkylation sites (tertiary alicyclic amines) is 1. The minimum atomic E-state index is -0.427. The Morgan fingerprint density at radius 1 is 1.13 bits per heavy atom. The molecule has 7 heteroatoms. The second-order valence-corrected chi connectivity index (χ2v) is 8.00. The Labute approximate surface area is 175 Å². The SMILES string of the molecule is Cc1ncc2c(n1)C1(CCN(C(=O)c3c(-c4ccccc4)noc3C)CC1)OCC2. The van der Waals surface area contributed by atoms with E-state index in [1.807, 2.05) is 48.4 Å². The van der Waals surface area contributed by atoms with Crippen molar-refractivity contribution >= 4 is 5.91 Å². The van der Waals surface area contributed by atoms with Gasteiger partial charge in [-0.25, -0.2) is 9.97 Å². The van der Waals surface area contributed by atoms with Crippen LogP contribution in [0, 0.1) is 13.8 Å². The molecule has 7 nitrogen and oxygen atoms in total. The molecule has 30 heavy (non-hydrogen) atoms. The van der Waals surface area contributed by atoms with Crippen molar-refractivity contribution in [1.29, 1.82) is 0 Å². The van der Waals surface area contributed by atoms with Crippen molar-refractivity contribution in [2.45, 2.75) is 38.7 Å². The van der Waals surface area contributed by atoms with Crippen molar-refractivity contribution in [1.82, 2.24) is 20.0 Å². The van der Waals surface area contributed by atoms with Gasteiger partial charge in [0.1, 0.15) is 28.4 Å². The summed E-state index contributed by atoms with van der Waals surface area (Å²) in [6.07, 6.45) is 4.19. The number of aryl methyl sites for hydroxylation is 2. The topological polar surface area (TPSA) is 81.4 Å². The molecule has 0 saturated carbocycles. The summed E-state index contributed by atoms with van der Waals surface area (Å²) in [6.45, 7) is 5.55. The highest BCUT2D eigenvalue weighted by atomic mass is 16.5. The molecule has 0 N–H and O–H groups in total. The van der Waals surface area contributed by atoms with Gasteiger partial charge in [0.05, 0.1) is 12.3 Å². The maximum absolute atomic E-state index is 13.4. The van der Waals surface area contributed by atoms with Gasteiger partial charge < -0.3 is 14.2 Å². The van der Waals surface area contributed by atoms with E-state index >= 15 is 0 Å². The zero-order chi connectivity index (χ0) is 20.7. The summed E-state index contributed by atoms with van der Waals surface area (Å²) in [5.41, 5.74) is 3.75. The van der Waals surface area contributed by atoms with E-state index in [1.54, 1.807) is 6.92 Å². The smallest absolute Gasteiger partial charge is 0.259 e. The highest BCUT2D eigenvalue weighted by Crippen LogP contribution is 2.41. The van der Waals surface area contributed by atoms with Gasteiger partial charge in [0.15, 0.2) is 0 Å². The standard InChI is InChI=1S/C23H24N4O3/c1-15-19(20(26-30-15)17-6-4-3-5-7-17)22(28)27-11-9-23(10-12-27)21-18(8-13-29-23)14-24-16(2)25-21/h3-7,14H,8-13H2,1-2H3. The van der Waals surface area contributed by atoms with Crippen LogP contribution >= 0.6 is 0 Å². The van der Waals surface area contributed by atoms with Gasteiger partial charge >= 0.3 is 0 Å². The first-order valence-electron chi connectivity index (χ1n) is 10.4. The maximum atomic E-state index is 13.4. The minimum Gasteiger partial charge on any atom is -0.368 e. The van der Waals surface area contributed by atoms with E-state index in [9.17, 15) is 4.79 Å².